The van der Waals surface area contributed by atoms with Crippen molar-refractivity contribution in [1.82, 2.24) is 19.5 Å². The first-order valence-electron chi connectivity index (χ1n) is 11.1. The molecule has 0 amide bonds. The summed E-state index contributed by atoms with van der Waals surface area (Å²) in [4.78, 5) is 14.1. The van der Waals surface area contributed by atoms with Crippen LogP contribution in [0.5, 0.6) is 0 Å². The number of pyridine rings is 3. The fourth-order valence-electron chi connectivity index (χ4n) is 4.73. The molecule has 0 radical (unpaired) electrons. The average Bonchev–Trinajstić information content (AvgIpc) is 3.52. The van der Waals surface area contributed by atoms with E-state index >= 15 is 0 Å². The summed E-state index contributed by atoms with van der Waals surface area (Å²) in [5, 5.41) is 3.47. The van der Waals surface area contributed by atoms with Crippen LogP contribution < -0.4 is 0 Å². The first kappa shape index (κ1) is 18.8. The molecule has 0 saturated heterocycles. The van der Waals surface area contributed by atoms with Gasteiger partial charge < -0.3 is 8.98 Å². The molecule has 0 bridgehead atoms. The number of nitrogens with zero attached hydrogens (tertiary/aromatic N) is 4. The van der Waals surface area contributed by atoms with Gasteiger partial charge in [0.1, 0.15) is 5.58 Å². The summed E-state index contributed by atoms with van der Waals surface area (Å²) < 4.78 is 8.00. The number of fused-ring (bicyclic) bond motifs is 5. The molecular formula is C29H18N4O. The standard InChI is InChI=1S/C29H18N4O/c1-2-10-26-20(7-1)29-21-13-16-34-28(21)12-11-27(29)33(26)19-17-24(22-8-3-5-14-30-22)32-25(18-19)23-9-4-6-15-31-23/h1-18H. The van der Waals surface area contributed by atoms with Crippen LogP contribution >= 0.6 is 0 Å². The molecule has 5 aromatic heterocycles. The fraction of sp³-hybridized carbons (Fsp3) is 0. The highest BCUT2D eigenvalue weighted by Crippen LogP contribution is 2.38. The van der Waals surface area contributed by atoms with Crippen LogP contribution in [0.1, 0.15) is 0 Å². The van der Waals surface area contributed by atoms with Crippen LogP contribution in [0.4, 0.5) is 0 Å². The second-order valence-electron chi connectivity index (χ2n) is 8.17. The molecule has 0 atom stereocenters. The highest BCUT2D eigenvalue weighted by molar-refractivity contribution is 6.20. The summed E-state index contributed by atoms with van der Waals surface area (Å²) in [6.07, 6.45) is 5.33. The first-order chi connectivity index (χ1) is 16.9. The van der Waals surface area contributed by atoms with Gasteiger partial charge in [-0.25, -0.2) is 4.98 Å². The van der Waals surface area contributed by atoms with E-state index < -0.39 is 0 Å². The summed E-state index contributed by atoms with van der Waals surface area (Å²) in [7, 11) is 0. The molecule has 0 aliphatic rings. The summed E-state index contributed by atoms with van der Waals surface area (Å²) in [6, 6.07) is 30.6. The minimum atomic E-state index is 0.800. The van der Waals surface area contributed by atoms with Crippen molar-refractivity contribution in [2.24, 2.45) is 0 Å². The Balaban J connectivity index is 1.59. The molecule has 160 valence electrons. The van der Waals surface area contributed by atoms with Crippen molar-refractivity contribution >= 4 is 32.8 Å². The van der Waals surface area contributed by atoms with Crippen LogP contribution in [0.3, 0.4) is 0 Å². The van der Waals surface area contributed by atoms with Gasteiger partial charge in [0.05, 0.1) is 45.8 Å². The molecule has 7 rings (SSSR count). The Kier molecular flexibility index (Phi) is 4.08. The fourth-order valence-corrected chi connectivity index (χ4v) is 4.73. The number of para-hydroxylation sites is 1. The molecule has 0 aliphatic carbocycles. The van der Waals surface area contributed by atoms with Gasteiger partial charge in [-0.3, -0.25) is 9.97 Å². The smallest absolute Gasteiger partial charge is 0.134 e. The molecule has 0 saturated carbocycles. The van der Waals surface area contributed by atoms with Crippen LogP contribution in [0, 0.1) is 0 Å². The lowest BCUT2D eigenvalue weighted by atomic mass is 10.1. The van der Waals surface area contributed by atoms with E-state index in [0.717, 1.165) is 50.5 Å². The summed E-state index contributed by atoms with van der Waals surface area (Å²) in [6.45, 7) is 0. The molecule has 2 aromatic carbocycles. The number of benzene rings is 2. The summed E-state index contributed by atoms with van der Waals surface area (Å²) in [5.74, 6) is 0. The average molecular weight is 438 g/mol. The van der Waals surface area contributed by atoms with Crippen LogP contribution in [-0.4, -0.2) is 19.5 Å². The molecule has 5 heterocycles. The lowest BCUT2D eigenvalue weighted by Gasteiger charge is -2.12. The molecule has 0 fully saturated rings. The van der Waals surface area contributed by atoms with E-state index in [1.807, 2.05) is 48.5 Å². The molecule has 5 heteroatoms. The van der Waals surface area contributed by atoms with Crippen molar-refractivity contribution in [2.75, 3.05) is 0 Å². The molecule has 0 N–H and O–H groups in total. The molecule has 7 aromatic rings. The Hall–Kier alpha value is -4.77. The van der Waals surface area contributed by atoms with Gasteiger partial charge in [0.25, 0.3) is 0 Å². The Labute approximate surface area is 195 Å². The van der Waals surface area contributed by atoms with Crippen LogP contribution in [0.15, 0.2) is 114 Å². The van der Waals surface area contributed by atoms with Crippen LogP contribution in [0.25, 0.3) is 61.2 Å². The third-order valence-electron chi connectivity index (χ3n) is 6.19. The number of hydrogen-bond donors (Lipinski definition) is 0. The monoisotopic (exact) mass is 438 g/mol. The van der Waals surface area contributed by atoms with Gasteiger partial charge in [-0.2, -0.15) is 0 Å². The van der Waals surface area contributed by atoms with E-state index in [1.165, 1.54) is 10.8 Å². The molecule has 34 heavy (non-hydrogen) atoms. The minimum Gasteiger partial charge on any atom is -0.464 e. The van der Waals surface area contributed by atoms with Gasteiger partial charge in [0.15, 0.2) is 0 Å². The maximum Gasteiger partial charge on any atom is 0.134 e. The van der Waals surface area contributed by atoms with E-state index in [-0.39, 0.29) is 0 Å². The predicted octanol–water partition coefficient (Wildman–Crippen LogP) is 7.05. The van der Waals surface area contributed by atoms with E-state index in [0.29, 0.717) is 0 Å². The maximum atomic E-state index is 5.71. The van der Waals surface area contributed by atoms with Crippen molar-refractivity contribution in [3.05, 3.63) is 110 Å². The lowest BCUT2D eigenvalue weighted by molar-refractivity contribution is 0.616. The predicted molar refractivity (Wildman–Crippen MR) is 135 cm³/mol. The molecule has 5 nitrogen and oxygen atoms in total. The number of hydrogen-bond acceptors (Lipinski definition) is 4. The highest BCUT2D eigenvalue weighted by Gasteiger charge is 2.17. The zero-order valence-corrected chi connectivity index (χ0v) is 18.1. The Morgan fingerprint density at radius 1 is 0.588 bits per heavy atom. The molecule has 0 spiro atoms. The van der Waals surface area contributed by atoms with E-state index in [1.54, 1.807) is 18.7 Å². The summed E-state index contributed by atoms with van der Waals surface area (Å²) >= 11 is 0. The number of furan rings is 1. The molecular weight excluding hydrogens is 420 g/mol. The topological polar surface area (TPSA) is 56.7 Å². The second kappa shape index (κ2) is 7.39. The first-order valence-corrected chi connectivity index (χ1v) is 11.1. The normalized spacial score (nSPS) is 11.5. The highest BCUT2D eigenvalue weighted by atomic mass is 16.3. The largest absolute Gasteiger partial charge is 0.464 e. The van der Waals surface area contributed by atoms with E-state index in [4.69, 9.17) is 9.40 Å². The van der Waals surface area contributed by atoms with Crippen LogP contribution in [0.2, 0.25) is 0 Å². The van der Waals surface area contributed by atoms with E-state index in [9.17, 15) is 0 Å². The maximum absolute atomic E-state index is 5.71. The second-order valence-corrected chi connectivity index (χ2v) is 8.17. The minimum absolute atomic E-state index is 0.800. The van der Waals surface area contributed by atoms with Gasteiger partial charge in [-0.1, -0.05) is 30.3 Å². The third-order valence-corrected chi connectivity index (χ3v) is 6.19. The van der Waals surface area contributed by atoms with Gasteiger partial charge in [0.2, 0.25) is 0 Å². The van der Waals surface area contributed by atoms with Crippen molar-refractivity contribution in [3.63, 3.8) is 0 Å². The van der Waals surface area contributed by atoms with Crippen molar-refractivity contribution in [2.45, 2.75) is 0 Å². The molecule has 0 unspecified atom stereocenters. The van der Waals surface area contributed by atoms with Crippen molar-refractivity contribution in [1.29, 1.82) is 0 Å². The Morgan fingerprint density at radius 3 is 2.00 bits per heavy atom. The van der Waals surface area contributed by atoms with Gasteiger partial charge in [0, 0.05) is 28.6 Å². The Morgan fingerprint density at radius 2 is 1.29 bits per heavy atom. The van der Waals surface area contributed by atoms with Gasteiger partial charge >= 0.3 is 0 Å². The SMILES string of the molecule is c1ccc(-c2cc(-n3c4ccccc4c4c5ccoc5ccc43)cc(-c3ccccn3)n2)nc1. The molecule has 0 aliphatic heterocycles. The van der Waals surface area contributed by atoms with Crippen molar-refractivity contribution < 1.29 is 4.42 Å². The lowest BCUT2D eigenvalue weighted by Crippen LogP contribution is -1.99. The zero-order valence-electron chi connectivity index (χ0n) is 18.1. The zero-order chi connectivity index (χ0) is 22.5. The van der Waals surface area contributed by atoms with Crippen molar-refractivity contribution in [3.8, 4) is 28.5 Å². The quantitative estimate of drug-likeness (QED) is 0.297. The number of aromatic nitrogens is 4. The van der Waals surface area contributed by atoms with Crippen LogP contribution in [-0.2, 0) is 0 Å². The third kappa shape index (κ3) is 2.84. The number of rotatable bonds is 3. The Bertz CT molecular complexity index is 1740. The van der Waals surface area contributed by atoms with Gasteiger partial charge in [-0.05, 0) is 60.7 Å². The van der Waals surface area contributed by atoms with Gasteiger partial charge in [-0.15, -0.1) is 0 Å². The van der Waals surface area contributed by atoms with E-state index in [2.05, 4.69) is 57.0 Å². The summed E-state index contributed by atoms with van der Waals surface area (Å²) in [5.41, 5.74) is 7.36.